The van der Waals surface area contributed by atoms with E-state index in [4.69, 9.17) is 4.42 Å². The Labute approximate surface area is 130 Å². The molecule has 0 aliphatic heterocycles. The zero-order valence-electron chi connectivity index (χ0n) is 11.8. The van der Waals surface area contributed by atoms with Crippen LogP contribution in [0.4, 0.5) is 0 Å². The third kappa shape index (κ3) is 2.79. The van der Waals surface area contributed by atoms with Gasteiger partial charge in [0.25, 0.3) is 5.16 Å². The number of aromatic nitrogens is 5. The van der Waals surface area contributed by atoms with Crippen molar-refractivity contribution in [1.82, 2.24) is 25.4 Å². The van der Waals surface area contributed by atoms with Crippen LogP contribution in [0.2, 0.25) is 0 Å². The molecule has 1 N–H and O–H groups in total. The van der Waals surface area contributed by atoms with Crippen LogP contribution in [0.5, 0.6) is 0 Å². The second-order valence-electron chi connectivity index (χ2n) is 4.67. The summed E-state index contributed by atoms with van der Waals surface area (Å²) in [5.74, 6) is 0.836. The first kappa shape index (κ1) is 14.9. The van der Waals surface area contributed by atoms with Crippen molar-refractivity contribution in [3.05, 3.63) is 40.0 Å². The fraction of sp³-hybridized carbons (Fsp3) is 0.333. The van der Waals surface area contributed by atoms with E-state index >= 15 is 0 Å². The van der Waals surface area contributed by atoms with Crippen molar-refractivity contribution >= 4 is 21.2 Å². The normalized spacial score (nSPS) is 13.4. The SMILES string of the molecule is Cc1nnc(C(C)S(=O)(=O)c2n[nH]c(Cc3cccs3)n2)o1. The third-order valence-electron chi connectivity index (χ3n) is 3.04. The molecule has 0 aromatic carbocycles. The van der Waals surface area contributed by atoms with Crippen molar-refractivity contribution in [1.29, 1.82) is 0 Å². The van der Waals surface area contributed by atoms with E-state index in [0.29, 0.717) is 18.1 Å². The summed E-state index contributed by atoms with van der Waals surface area (Å²) in [7, 11) is -3.78. The Bertz CT molecular complexity index is 866. The minimum absolute atomic E-state index is 0.0297. The molecule has 1 atom stereocenters. The maximum Gasteiger partial charge on any atom is 0.267 e. The number of aromatic amines is 1. The van der Waals surface area contributed by atoms with Gasteiger partial charge in [-0.2, -0.15) is 0 Å². The van der Waals surface area contributed by atoms with Gasteiger partial charge in [0.15, 0.2) is 0 Å². The lowest BCUT2D eigenvalue weighted by Gasteiger charge is -2.04. The minimum Gasteiger partial charge on any atom is -0.424 e. The Hall–Kier alpha value is -2.07. The molecule has 0 bridgehead atoms. The van der Waals surface area contributed by atoms with Crippen molar-refractivity contribution in [2.75, 3.05) is 0 Å². The van der Waals surface area contributed by atoms with E-state index in [-0.39, 0.29) is 11.0 Å². The van der Waals surface area contributed by atoms with Gasteiger partial charge in [-0.1, -0.05) is 6.07 Å². The first-order valence-electron chi connectivity index (χ1n) is 6.44. The average Bonchev–Trinajstić information content (AvgIpc) is 3.20. The number of H-pyrrole nitrogens is 1. The molecule has 3 rings (SSSR count). The van der Waals surface area contributed by atoms with Gasteiger partial charge in [0.2, 0.25) is 21.6 Å². The average molecular weight is 339 g/mol. The Morgan fingerprint density at radius 2 is 2.23 bits per heavy atom. The molecule has 0 radical (unpaired) electrons. The molecule has 3 aromatic heterocycles. The third-order valence-corrected chi connectivity index (χ3v) is 5.74. The van der Waals surface area contributed by atoms with Crippen LogP contribution in [-0.4, -0.2) is 33.8 Å². The maximum atomic E-state index is 12.5. The zero-order chi connectivity index (χ0) is 15.7. The first-order valence-corrected chi connectivity index (χ1v) is 8.87. The molecule has 0 saturated carbocycles. The molecule has 3 heterocycles. The fourth-order valence-electron chi connectivity index (χ4n) is 1.83. The number of hydrogen-bond donors (Lipinski definition) is 1. The molecule has 116 valence electrons. The molecular formula is C12H13N5O3S2. The van der Waals surface area contributed by atoms with Crippen LogP contribution < -0.4 is 0 Å². The highest BCUT2D eigenvalue weighted by Gasteiger charge is 2.33. The predicted molar refractivity (Wildman–Crippen MR) is 78.1 cm³/mol. The summed E-state index contributed by atoms with van der Waals surface area (Å²) in [4.78, 5) is 5.14. The highest BCUT2D eigenvalue weighted by Crippen LogP contribution is 2.25. The van der Waals surface area contributed by atoms with Gasteiger partial charge >= 0.3 is 0 Å². The van der Waals surface area contributed by atoms with E-state index in [1.807, 2.05) is 17.5 Å². The Morgan fingerprint density at radius 1 is 1.41 bits per heavy atom. The predicted octanol–water partition coefficient (Wildman–Crippen LogP) is 1.68. The maximum absolute atomic E-state index is 12.5. The molecule has 0 fully saturated rings. The lowest BCUT2D eigenvalue weighted by molar-refractivity contribution is 0.460. The Balaban J connectivity index is 1.85. The summed E-state index contributed by atoms with van der Waals surface area (Å²) in [6, 6.07) is 3.87. The van der Waals surface area contributed by atoms with E-state index in [2.05, 4.69) is 25.4 Å². The quantitative estimate of drug-likeness (QED) is 0.752. The highest BCUT2D eigenvalue weighted by atomic mass is 32.2. The lowest BCUT2D eigenvalue weighted by Crippen LogP contribution is -2.13. The van der Waals surface area contributed by atoms with Gasteiger partial charge in [-0.15, -0.1) is 26.6 Å². The van der Waals surface area contributed by atoms with Crippen LogP contribution in [0.15, 0.2) is 27.1 Å². The van der Waals surface area contributed by atoms with Crippen LogP contribution in [0, 0.1) is 6.92 Å². The summed E-state index contributed by atoms with van der Waals surface area (Å²) in [6.07, 6.45) is 0.508. The molecule has 1 unspecified atom stereocenters. The van der Waals surface area contributed by atoms with Crippen molar-refractivity contribution in [3.8, 4) is 0 Å². The lowest BCUT2D eigenvalue weighted by atomic mass is 10.3. The molecule has 3 aromatic rings. The minimum atomic E-state index is -3.78. The number of nitrogens with one attached hydrogen (secondary N) is 1. The van der Waals surface area contributed by atoms with Gasteiger partial charge in [0.1, 0.15) is 11.1 Å². The number of thiophene rings is 1. The molecule has 0 aliphatic rings. The fourth-order valence-corrected chi connectivity index (χ4v) is 3.63. The topological polar surface area (TPSA) is 115 Å². The number of hydrogen-bond acceptors (Lipinski definition) is 8. The van der Waals surface area contributed by atoms with Crippen LogP contribution in [-0.2, 0) is 16.3 Å². The largest absolute Gasteiger partial charge is 0.424 e. The summed E-state index contributed by atoms with van der Waals surface area (Å²) >= 11 is 1.57. The molecule has 0 spiro atoms. The van der Waals surface area contributed by atoms with Gasteiger partial charge in [0, 0.05) is 18.2 Å². The van der Waals surface area contributed by atoms with Gasteiger partial charge in [0.05, 0.1) is 0 Å². The highest BCUT2D eigenvalue weighted by molar-refractivity contribution is 7.91. The standard InChI is InChI=1S/C12H13N5O3S2/c1-7(11-16-14-8(2)20-11)22(18,19)12-13-10(15-17-12)6-9-4-3-5-21-9/h3-5,7H,6H2,1-2H3,(H,13,15,17). The van der Waals surface area contributed by atoms with Crippen LogP contribution in [0.3, 0.4) is 0 Å². The summed E-state index contributed by atoms with van der Waals surface area (Å²) < 4.78 is 30.2. The van der Waals surface area contributed by atoms with Gasteiger partial charge in [-0.3, -0.25) is 5.10 Å². The smallest absolute Gasteiger partial charge is 0.267 e. The Morgan fingerprint density at radius 3 is 2.86 bits per heavy atom. The van der Waals surface area contributed by atoms with Crippen LogP contribution >= 0.6 is 11.3 Å². The van der Waals surface area contributed by atoms with Crippen molar-refractivity contribution in [3.63, 3.8) is 0 Å². The monoisotopic (exact) mass is 339 g/mol. The molecule has 0 aliphatic carbocycles. The second-order valence-corrected chi connectivity index (χ2v) is 7.86. The number of nitrogens with zero attached hydrogens (tertiary/aromatic N) is 4. The van der Waals surface area contributed by atoms with Gasteiger partial charge in [-0.25, -0.2) is 13.4 Å². The van der Waals surface area contributed by atoms with E-state index in [1.54, 1.807) is 18.3 Å². The molecule has 8 nitrogen and oxygen atoms in total. The first-order chi connectivity index (χ1) is 10.5. The number of sulfone groups is 1. The van der Waals surface area contributed by atoms with Gasteiger partial charge in [-0.05, 0) is 18.4 Å². The van der Waals surface area contributed by atoms with E-state index in [1.165, 1.54) is 6.92 Å². The van der Waals surface area contributed by atoms with Crippen molar-refractivity contribution < 1.29 is 12.8 Å². The zero-order valence-corrected chi connectivity index (χ0v) is 13.5. The van der Waals surface area contributed by atoms with Gasteiger partial charge < -0.3 is 4.42 Å². The van der Waals surface area contributed by atoms with Crippen LogP contribution in [0.25, 0.3) is 0 Å². The molecule has 10 heteroatoms. The number of aryl methyl sites for hydroxylation is 1. The second kappa shape index (κ2) is 5.61. The van der Waals surface area contributed by atoms with Crippen molar-refractivity contribution in [2.45, 2.75) is 30.7 Å². The van der Waals surface area contributed by atoms with E-state index in [9.17, 15) is 8.42 Å². The van der Waals surface area contributed by atoms with Crippen LogP contribution in [0.1, 0.15) is 34.7 Å². The Kier molecular flexibility index (Phi) is 3.79. The summed E-state index contributed by atoms with van der Waals surface area (Å²) in [6.45, 7) is 3.07. The van der Waals surface area contributed by atoms with Crippen molar-refractivity contribution in [2.24, 2.45) is 0 Å². The molecule has 0 saturated heterocycles. The van der Waals surface area contributed by atoms with E-state index < -0.39 is 15.1 Å². The molecule has 22 heavy (non-hydrogen) atoms. The summed E-state index contributed by atoms with van der Waals surface area (Å²) in [5, 5.41) is 14.5. The number of rotatable bonds is 5. The van der Waals surface area contributed by atoms with E-state index in [0.717, 1.165) is 4.88 Å². The molecule has 0 amide bonds. The molecular weight excluding hydrogens is 326 g/mol. The summed E-state index contributed by atoms with van der Waals surface area (Å²) in [5.41, 5.74) is 0.